The molecule has 0 aromatic rings. The van der Waals surface area contributed by atoms with Crippen LogP contribution < -0.4 is 0 Å². The van der Waals surface area contributed by atoms with Gasteiger partial charge in [-0.05, 0) is 57.8 Å². The van der Waals surface area contributed by atoms with Crippen LogP contribution in [0.5, 0.6) is 0 Å². The highest BCUT2D eigenvalue weighted by molar-refractivity contribution is 7.47. The molecular formula is C79H150O17P2. The number of carbonyl (C=O) groups excluding carboxylic acids is 4. The van der Waals surface area contributed by atoms with E-state index in [1.165, 1.54) is 205 Å². The molecule has 0 fully saturated rings. The first-order chi connectivity index (χ1) is 47.7. The van der Waals surface area contributed by atoms with Gasteiger partial charge in [0, 0.05) is 25.7 Å². The highest BCUT2D eigenvalue weighted by Crippen LogP contribution is 2.45. The third-order valence-electron chi connectivity index (χ3n) is 17.9. The molecule has 5 atom stereocenters. The van der Waals surface area contributed by atoms with E-state index in [9.17, 15) is 43.2 Å². The molecule has 0 radical (unpaired) electrons. The van der Waals surface area contributed by atoms with Crippen LogP contribution in [0.2, 0.25) is 0 Å². The van der Waals surface area contributed by atoms with Crippen molar-refractivity contribution in [1.29, 1.82) is 0 Å². The van der Waals surface area contributed by atoms with Crippen LogP contribution in [0.15, 0.2) is 24.3 Å². The maximum atomic E-state index is 13.1. The Kier molecular flexibility index (Phi) is 71.0. The largest absolute Gasteiger partial charge is 0.472 e. The summed E-state index contributed by atoms with van der Waals surface area (Å²) < 4.78 is 68.6. The van der Waals surface area contributed by atoms with Gasteiger partial charge in [0.1, 0.15) is 19.3 Å². The summed E-state index contributed by atoms with van der Waals surface area (Å²) in [4.78, 5) is 72.9. The number of phosphoric acid groups is 2. The van der Waals surface area contributed by atoms with Crippen LogP contribution in [-0.2, 0) is 65.4 Å². The maximum absolute atomic E-state index is 13.1. The van der Waals surface area contributed by atoms with Crippen molar-refractivity contribution >= 4 is 39.5 Å². The van der Waals surface area contributed by atoms with Crippen molar-refractivity contribution in [3.05, 3.63) is 24.3 Å². The second-order valence-electron chi connectivity index (χ2n) is 27.7. The molecule has 0 bridgehead atoms. The molecule has 0 rings (SSSR count). The van der Waals surface area contributed by atoms with Crippen LogP contribution >= 0.6 is 15.6 Å². The molecule has 0 heterocycles. The summed E-state index contributed by atoms with van der Waals surface area (Å²) >= 11 is 0. The van der Waals surface area contributed by atoms with E-state index in [0.717, 1.165) is 116 Å². The number of carbonyl (C=O) groups is 4. The Hall–Kier alpha value is -2.46. The lowest BCUT2D eigenvalue weighted by Crippen LogP contribution is -2.30. The summed E-state index contributed by atoms with van der Waals surface area (Å²) in [7, 11) is -9.93. The zero-order valence-electron chi connectivity index (χ0n) is 63.2. The molecule has 0 amide bonds. The van der Waals surface area contributed by atoms with Crippen molar-refractivity contribution in [1.82, 2.24) is 0 Å². The van der Waals surface area contributed by atoms with E-state index in [1.807, 2.05) is 0 Å². The summed E-state index contributed by atoms with van der Waals surface area (Å²) in [5.41, 5.74) is 0. The number of esters is 4. The number of phosphoric ester groups is 2. The normalized spacial score (nSPS) is 14.0. The van der Waals surface area contributed by atoms with Gasteiger partial charge in [0.2, 0.25) is 0 Å². The van der Waals surface area contributed by atoms with Gasteiger partial charge in [-0.25, -0.2) is 9.13 Å². The standard InChI is InChI=1S/C79H150O17P2/c1-5-9-13-17-21-25-29-33-35-36-38-42-46-50-54-58-62-66-79(84)96-75(69-89-76(81)63-59-55-51-47-43-39-31-27-23-19-15-11-7-3)72-94-98(87,88)92-68-73(80)67-91-97(85,86)93-71-74(95-78(83)65-61-57-53-49-45-40-32-28-24-20-16-12-8-4)70-90-77(82)64-60-56-52-48-44-41-37-34-30-26-22-18-14-10-6-2/h22,26,34,37,73-75,80H,5-21,23-25,27-33,35-36,38-72H2,1-4H3,(H,85,86)(H,87,88)/b26-22-,37-34-/t73-,74-,75-/m1/s1. The number of allylic oxidation sites excluding steroid dienone is 4. The van der Waals surface area contributed by atoms with Crippen LogP contribution in [0.1, 0.15) is 400 Å². The summed E-state index contributed by atoms with van der Waals surface area (Å²) in [6.45, 7) is 4.95. The molecule has 0 aliphatic rings. The van der Waals surface area contributed by atoms with E-state index in [0.29, 0.717) is 25.7 Å². The Bertz CT molecular complexity index is 1950. The van der Waals surface area contributed by atoms with Crippen molar-refractivity contribution < 1.29 is 80.2 Å². The Morgan fingerprint density at radius 2 is 0.500 bits per heavy atom. The fourth-order valence-corrected chi connectivity index (χ4v) is 13.3. The molecule has 0 saturated heterocycles. The molecule has 19 heteroatoms. The maximum Gasteiger partial charge on any atom is 0.472 e. The number of hydrogen-bond donors (Lipinski definition) is 3. The van der Waals surface area contributed by atoms with Crippen molar-refractivity contribution in [2.75, 3.05) is 39.6 Å². The first-order valence-corrected chi connectivity index (χ1v) is 43.6. The Balaban J connectivity index is 5.28. The van der Waals surface area contributed by atoms with Gasteiger partial charge in [0.15, 0.2) is 12.2 Å². The Labute approximate surface area is 599 Å². The van der Waals surface area contributed by atoms with Gasteiger partial charge in [-0.1, -0.05) is 341 Å². The molecule has 578 valence electrons. The summed E-state index contributed by atoms with van der Waals surface area (Å²) in [5, 5.41) is 10.6. The zero-order valence-corrected chi connectivity index (χ0v) is 65.0. The summed E-state index contributed by atoms with van der Waals surface area (Å²) in [6.07, 6.45) is 67.2. The highest BCUT2D eigenvalue weighted by Gasteiger charge is 2.30. The van der Waals surface area contributed by atoms with E-state index in [1.54, 1.807) is 0 Å². The van der Waals surface area contributed by atoms with Crippen molar-refractivity contribution in [3.8, 4) is 0 Å². The number of aliphatic hydroxyl groups is 1. The van der Waals surface area contributed by atoms with Crippen LogP contribution in [0.25, 0.3) is 0 Å². The first kappa shape index (κ1) is 95.5. The van der Waals surface area contributed by atoms with Crippen molar-refractivity contribution in [2.45, 2.75) is 418 Å². The molecule has 0 aliphatic heterocycles. The average Bonchev–Trinajstić information content (AvgIpc) is 0.972. The fourth-order valence-electron chi connectivity index (χ4n) is 11.7. The molecule has 0 aliphatic carbocycles. The second kappa shape index (κ2) is 72.9. The number of aliphatic hydroxyl groups excluding tert-OH is 1. The minimum Gasteiger partial charge on any atom is -0.462 e. The van der Waals surface area contributed by atoms with E-state index < -0.39 is 97.5 Å². The van der Waals surface area contributed by atoms with Crippen LogP contribution in [-0.4, -0.2) is 96.7 Å². The Morgan fingerprint density at radius 1 is 0.286 bits per heavy atom. The topological polar surface area (TPSA) is 237 Å². The molecule has 0 saturated carbocycles. The molecular weight excluding hydrogens is 1280 g/mol. The third-order valence-corrected chi connectivity index (χ3v) is 19.9. The van der Waals surface area contributed by atoms with E-state index in [2.05, 4.69) is 52.0 Å². The van der Waals surface area contributed by atoms with Gasteiger partial charge in [-0.3, -0.25) is 37.3 Å². The third kappa shape index (κ3) is 71.9. The minimum absolute atomic E-state index is 0.102. The zero-order chi connectivity index (χ0) is 71.8. The van der Waals surface area contributed by atoms with E-state index >= 15 is 0 Å². The fraction of sp³-hybridized carbons (Fsp3) is 0.899. The molecule has 0 aromatic carbocycles. The minimum atomic E-state index is -4.96. The highest BCUT2D eigenvalue weighted by atomic mass is 31.2. The quantitative estimate of drug-likeness (QED) is 0.0169. The lowest BCUT2D eigenvalue weighted by atomic mass is 10.0. The molecule has 2 unspecified atom stereocenters. The number of unbranched alkanes of at least 4 members (excludes halogenated alkanes) is 48. The lowest BCUT2D eigenvalue weighted by molar-refractivity contribution is -0.161. The molecule has 17 nitrogen and oxygen atoms in total. The van der Waals surface area contributed by atoms with Gasteiger partial charge in [0.25, 0.3) is 0 Å². The van der Waals surface area contributed by atoms with Gasteiger partial charge < -0.3 is 33.8 Å². The second-order valence-corrected chi connectivity index (χ2v) is 30.6. The summed E-state index contributed by atoms with van der Waals surface area (Å²) in [6, 6.07) is 0. The molecule has 3 N–H and O–H groups in total. The summed E-state index contributed by atoms with van der Waals surface area (Å²) in [5.74, 6) is -2.13. The number of rotatable bonds is 78. The molecule has 0 spiro atoms. The van der Waals surface area contributed by atoms with Crippen molar-refractivity contribution in [2.24, 2.45) is 0 Å². The van der Waals surface area contributed by atoms with Crippen LogP contribution in [0.4, 0.5) is 0 Å². The number of ether oxygens (including phenoxy) is 4. The van der Waals surface area contributed by atoms with Gasteiger partial charge in [-0.2, -0.15) is 0 Å². The van der Waals surface area contributed by atoms with Crippen molar-refractivity contribution in [3.63, 3.8) is 0 Å². The van der Waals surface area contributed by atoms with E-state index in [-0.39, 0.29) is 25.7 Å². The van der Waals surface area contributed by atoms with Gasteiger partial charge >= 0.3 is 39.5 Å². The predicted octanol–water partition coefficient (Wildman–Crippen LogP) is 23.3. The molecule has 98 heavy (non-hydrogen) atoms. The lowest BCUT2D eigenvalue weighted by Gasteiger charge is -2.21. The van der Waals surface area contributed by atoms with Gasteiger partial charge in [-0.15, -0.1) is 0 Å². The predicted molar refractivity (Wildman–Crippen MR) is 400 cm³/mol. The van der Waals surface area contributed by atoms with E-state index in [4.69, 9.17) is 37.0 Å². The Morgan fingerprint density at radius 3 is 0.776 bits per heavy atom. The number of hydrogen-bond acceptors (Lipinski definition) is 15. The monoisotopic (exact) mass is 1430 g/mol. The average molecular weight is 1430 g/mol. The molecule has 0 aromatic heterocycles. The smallest absolute Gasteiger partial charge is 0.462 e. The van der Waals surface area contributed by atoms with Crippen LogP contribution in [0, 0.1) is 0 Å². The first-order valence-electron chi connectivity index (χ1n) is 40.6. The SMILES string of the molecule is CCCCC/C=C\C/C=C\CCCCCCCC(=O)OC[C@H](COP(=O)(O)OC[C@@H](O)COP(=O)(O)OC[C@@H](COC(=O)CCCCCCCCCCCCCCC)OC(=O)CCCCCCCCCCCCCCCCCCC)OC(=O)CCCCCCCCCCCCCCC. The van der Waals surface area contributed by atoms with Gasteiger partial charge in [0.05, 0.1) is 26.4 Å². The van der Waals surface area contributed by atoms with Crippen LogP contribution in [0.3, 0.4) is 0 Å².